The number of aliphatic hydroxyl groups excluding tert-OH is 1. The zero-order chi connectivity index (χ0) is 10.3. The normalized spacial score (nSPS) is 8.23. The predicted octanol–water partition coefficient (Wildman–Crippen LogP) is 2.22. The van der Waals surface area contributed by atoms with Gasteiger partial charge >= 0.3 is 0 Å². The van der Waals surface area contributed by atoms with E-state index in [-0.39, 0.29) is 12.2 Å². The summed E-state index contributed by atoms with van der Waals surface area (Å²) in [5.41, 5.74) is 0.476. The highest BCUT2D eigenvalue weighted by molar-refractivity contribution is 5.33. The molecule has 0 heterocycles. The van der Waals surface area contributed by atoms with Gasteiger partial charge in [-0.15, -0.1) is 0 Å². The van der Waals surface area contributed by atoms with Crippen LogP contribution in [-0.4, -0.2) is 5.11 Å². The van der Waals surface area contributed by atoms with Crippen LogP contribution < -0.4 is 0 Å². The molecule has 0 amide bonds. The molecule has 2 nitrogen and oxygen atoms in total. The Morgan fingerprint density at radius 2 is 2.08 bits per heavy atom. The maximum Gasteiger partial charge on any atom is 0.141 e. The van der Waals surface area contributed by atoms with Crippen molar-refractivity contribution in [1.29, 1.82) is 5.26 Å². The van der Waals surface area contributed by atoms with E-state index in [0.717, 1.165) is 6.07 Å². The molecule has 0 bridgehead atoms. The third kappa shape index (κ3) is 3.22. The first-order valence-corrected chi connectivity index (χ1v) is 4.07. The minimum absolute atomic E-state index is 0.00204. The number of nitriles is 1. The molecule has 3 heteroatoms. The first-order chi connectivity index (χ1) is 6.27. The fraction of sp³-hybridized carbons (Fsp3) is 0.300. The molecule has 1 aromatic rings. The second-order valence-electron chi connectivity index (χ2n) is 2.08. The van der Waals surface area contributed by atoms with Crippen molar-refractivity contribution in [1.82, 2.24) is 0 Å². The van der Waals surface area contributed by atoms with Crippen LogP contribution in [0.1, 0.15) is 25.0 Å². The van der Waals surface area contributed by atoms with Crippen molar-refractivity contribution in [3.8, 4) is 6.07 Å². The van der Waals surface area contributed by atoms with Gasteiger partial charge in [0.1, 0.15) is 11.9 Å². The second kappa shape index (κ2) is 6.15. The molecule has 13 heavy (non-hydrogen) atoms. The summed E-state index contributed by atoms with van der Waals surface area (Å²) in [4.78, 5) is 0. The highest BCUT2D eigenvalue weighted by Crippen LogP contribution is 2.08. The molecule has 0 atom stereocenters. The minimum atomic E-state index is -0.584. The molecule has 1 rings (SSSR count). The molecule has 0 saturated carbocycles. The second-order valence-corrected chi connectivity index (χ2v) is 2.08. The molecule has 0 radical (unpaired) electrons. The van der Waals surface area contributed by atoms with Gasteiger partial charge in [0.2, 0.25) is 0 Å². The van der Waals surface area contributed by atoms with Crippen LogP contribution in [0.15, 0.2) is 18.2 Å². The van der Waals surface area contributed by atoms with Gasteiger partial charge in [0.25, 0.3) is 0 Å². The van der Waals surface area contributed by atoms with Gasteiger partial charge in [0.05, 0.1) is 12.2 Å². The van der Waals surface area contributed by atoms with Gasteiger partial charge in [-0.2, -0.15) is 5.26 Å². The minimum Gasteiger partial charge on any atom is -0.392 e. The molecule has 0 aliphatic heterocycles. The summed E-state index contributed by atoms with van der Waals surface area (Å²) < 4.78 is 12.7. The fourth-order valence-corrected chi connectivity index (χ4v) is 0.748. The Morgan fingerprint density at radius 1 is 1.46 bits per heavy atom. The summed E-state index contributed by atoms with van der Waals surface area (Å²) in [6.07, 6.45) is 0. The van der Waals surface area contributed by atoms with Gasteiger partial charge in [-0.3, -0.25) is 0 Å². The number of aliphatic hydroxyl groups is 1. The lowest BCUT2D eigenvalue weighted by Crippen LogP contribution is -1.88. The lowest BCUT2D eigenvalue weighted by Gasteiger charge is -1.96. The molecule has 0 aliphatic carbocycles. The van der Waals surface area contributed by atoms with Crippen LogP contribution >= 0.6 is 0 Å². The van der Waals surface area contributed by atoms with Crippen molar-refractivity contribution >= 4 is 0 Å². The van der Waals surface area contributed by atoms with Crippen molar-refractivity contribution in [3.05, 3.63) is 35.1 Å². The number of halogens is 1. The molecule has 0 spiro atoms. The predicted molar refractivity (Wildman–Crippen MR) is 48.4 cm³/mol. The lowest BCUT2D eigenvalue weighted by atomic mass is 10.1. The van der Waals surface area contributed by atoms with Gasteiger partial charge < -0.3 is 5.11 Å². The van der Waals surface area contributed by atoms with Gasteiger partial charge in [0.15, 0.2) is 0 Å². The van der Waals surface area contributed by atoms with Crippen LogP contribution in [0.4, 0.5) is 4.39 Å². The average Bonchev–Trinajstić information content (AvgIpc) is 2.20. The highest BCUT2D eigenvalue weighted by Gasteiger charge is 2.00. The molecule has 0 saturated heterocycles. The van der Waals surface area contributed by atoms with Crippen molar-refractivity contribution < 1.29 is 9.50 Å². The third-order valence-electron chi connectivity index (χ3n) is 1.34. The molecule has 0 unspecified atom stereocenters. The van der Waals surface area contributed by atoms with Gasteiger partial charge in [-0.1, -0.05) is 19.9 Å². The highest BCUT2D eigenvalue weighted by atomic mass is 19.1. The summed E-state index contributed by atoms with van der Waals surface area (Å²) in [6.45, 7) is 3.79. The Bertz CT molecular complexity index is 304. The quantitative estimate of drug-likeness (QED) is 0.721. The van der Waals surface area contributed by atoms with Crippen molar-refractivity contribution in [2.45, 2.75) is 20.5 Å². The zero-order valence-electron chi connectivity index (χ0n) is 7.71. The van der Waals surface area contributed by atoms with E-state index in [1.165, 1.54) is 12.1 Å². The van der Waals surface area contributed by atoms with Crippen molar-refractivity contribution in [2.24, 2.45) is 0 Å². The molecule has 1 N–H and O–H groups in total. The van der Waals surface area contributed by atoms with E-state index in [9.17, 15) is 4.39 Å². The third-order valence-corrected chi connectivity index (χ3v) is 1.34. The number of benzene rings is 1. The van der Waals surface area contributed by atoms with E-state index < -0.39 is 5.82 Å². The molecule has 70 valence electrons. The summed E-state index contributed by atoms with van der Waals surface area (Å²) in [6, 6.07) is 5.70. The van der Waals surface area contributed by atoms with Crippen LogP contribution in [-0.2, 0) is 6.61 Å². The van der Waals surface area contributed by atoms with Gasteiger partial charge in [-0.25, -0.2) is 4.39 Å². The van der Waals surface area contributed by atoms with Crippen LogP contribution in [0.25, 0.3) is 0 Å². The number of rotatable bonds is 1. The van der Waals surface area contributed by atoms with E-state index in [1.54, 1.807) is 6.07 Å². The SMILES string of the molecule is CC.N#Cc1ccc(CO)cc1F. The smallest absolute Gasteiger partial charge is 0.141 e. The molecular weight excluding hydrogens is 169 g/mol. The number of hydrogen-bond acceptors (Lipinski definition) is 2. The molecule has 0 aliphatic rings. The Hall–Kier alpha value is -1.40. The summed E-state index contributed by atoms with van der Waals surface area (Å²) in [5, 5.41) is 16.9. The van der Waals surface area contributed by atoms with E-state index in [2.05, 4.69) is 0 Å². The number of nitrogens with zero attached hydrogens (tertiary/aromatic N) is 1. The molecular formula is C10H12FNO. The number of hydrogen-bond donors (Lipinski definition) is 1. The van der Waals surface area contributed by atoms with Crippen LogP contribution in [0, 0.1) is 17.1 Å². The Balaban J connectivity index is 0.000000671. The van der Waals surface area contributed by atoms with Gasteiger partial charge in [0, 0.05) is 0 Å². The summed E-state index contributed by atoms with van der Waals surface area (Å²) in [5.74, 6) is -0.584. The van der Waals surface area contributed by atoms with Crippen LogP contribution in [0.3, 0.4) is 0 Å². The standard InChI is InChI=1S/C8H6FNO.C2H6/c9-8-3-6(5-11)1-2-7(8)4-10;1-2/h1-3,11H,5H2;1-2H3. The van der Waals surface area contributed by atoms with Crippen LogP contribution in [0.5, 0.6) is 0 Å². The van der Waals surface area contributed by atoms with E-state index in [4.69, 9.17) is 10.4 Å². The topological polar surface area (TPSA) is 44.0 Å². The Labute approximate surface area is 77.2 Å². The molecule has 0 fully saturated rings. The van der Waals surface area contributed by atoms with Crippen molar-refractivity contribution in [2.75, 3.05) is 0 Å². The summed E-state index contributed by atoms with van der Waals surface area (Å²) in [7, 11) is 0. The Kier molecular flexibility index (Phi) is 5.49. The maximum atomic E-state index is 12.7. The van der Waals surface area contributed by atoms with E-state index in [1.807, 2.05) is 13.8 Å². The monoisotopic (exact) mass is 181 g/mol. The first-order valence-electron chi connectivity index (χ1n) is 4.07. The molecule has 1 aromatic carbocycles. The lowest BCUT2D eigenvalue weighted by molar-refractivity contribution is 0.281. The average molecular weight is 181 g/mol. The Morgan fingerprint density at radius 3 is 2.46 bits per heavy atom. The largest absolute Gasteiger partial charge is 0.392 e. The van der Waals surface area contributed by atoms with E-state index in [0.29, 0.717) is 5.56 Å². The van der Waals surface area contributed by atoms with Gasteiger partial charge in [-0.05, 0) is 17.7 Å². The first kappa shape index (κ1) is 11.6. The molecule has 0 aromatic heterocycles. The fourth-order valence-electron chi connectivity index (χ4n) is 0.748. The van der Waals surface area contributed by atoms with Crippen LogP contribution in [0.2, 0.25) is 0 Å². The van der Waals surface area contributed by atoms with E-state index >= 15 is 0 Å². The zero-order valence-corrected chi connectivity index (χ0v) is 7.71. The summed E-state index contributed by atoms with van der Waals surface area (Å²) >= 11 is 0. The van der Waals surface area contributed by atoms with Crippen molar-refractivity contribution in [3.63, 3.8) is 0 Å². The maximum absolute atomic E-state index is 12.7.